The highest BCUT2D eigenvalue weighted by atomic mass is 35.5. The van der Waals surface area contributed by atoms with E-state index in [1.54, 1.807) is 0 Å². The lowest BCUT2D eigenvalue weighted by molar-refractivity contribution is -0.136. The van der Waals surface area contributed by atoms with E-state index >= 15 is 0 Å². The van der Waals surface area contributed by atoms with Crippen molar-refractivity contribution < 1.29 is 9.59 Å². The Balaban J connectivity index is 0.00000256. The number of rotatable bonds is 3. The highest BCUT2D eigenvalue weighted by Crippen LogP contribution is 2.24. The molecule has 0 spiro atoms. The fraction of sp³-hybridized carbons (Fsp3) is 0.652. The van der Waals surface area contributed by atoms with E-state index < -0.39 is 0 Å². The van der Waals surface area contributed by atoms with E-state index in [1.165, 1.54) is 0 Å². The lowest BCUT2D eigenvalue weighted by Gasteiger charge is -2.35. The van der Waals surface area contributed by atoms with Crippen LogP contribution in [0.5, 0.6) is 0 Å². The minimum atomic E-state index is -0.0552. The first-order chi connectivity index (χ1) is 14.0. The Morgan fingerprint density at radius 2 is 1.60 bits per heavy atom. The van der Waals surface area contributed by atoms with Gasteiger partial charge in [0.2, 0.25) is 5.91 Å². The van der Waals surface area contributed by atoms with Crippen LogP contribution in [0.3, 0.4) is 0 Å². The number of amides is 2. The molecule has 1 aromatic rings. The Morgan fingerprint density at radius 1 is 0.900 bits per heavy atom. The number of hydrogen-bond acceptors (Lipinski definition) is 4. The van der Waals surface area contributed by atoms with Crippen LogP contribution in [0.15, 0.2) is 18.2 Å². The zero-order valence-electron chi connectivity index (χ0n) is 18.2. The molecule has 0 radical (unpaired) electrons. The predicted octanol–water partition coefficient (Wildman–Crippen LogP) is 2.08. The lowest BCUT2D eigenvalue weighted by Crippen LogP contribution is -2.50. The number of likely N-dealkylation sites (tertiary alicyclic amines) is 2. The maximum Gasteiger partial charge on any atom is 0.253 e. The number of carbonyl (C=O) groups excluding carboxylic acids is 2. The van der Waals surface area contributed by atoms with E-state index in [2.05, 4.69) is 21.2 Å². The summed E-state index contributed by atoms with van der Waals surface area (Å²) in [5, 5.41) is 3.40. The van der Waals surface area contributed by atoms with Crippen molar-refractivity contribution in [3.8, 4) is 0 Å². The van der Waals surface area contributed by atoms with Gasteiger partial charge in [-0.2, -0.15) is 0 Å². The third kappa shape index (κ3) is 5.16. The van der Waals surface area contributed by atoms with Crippen molar-refractivity contribution in [2.24, 2.45) is 5.92 Å². The number of nitrogens with zero attached hydrogens (tertiary/aromatic N) is 3. The molecule has 0 saturated carbocycles. The summed E-state index contributed by atoms with van der Waals surface area (Å²) >= 11 is 0. The van der Waals surface area contributed by atoms with Crippen molar-refractivity contribution in [3.05, 3.63) is 34.9 Å². The molecule has 1 N–H and O–H groups in total. The molecular formula is C23H35ClN4O2. The summed E-state index contributed by atoms with van der Waals surface area (Å²) < 4.78 is 0. The van der Waals surface area contributed by atoms with Gasteiger partial charge in [-0.25, -0.2) is 0 Å². The zero-order chi connectivity index (χ0) is 20.4. The van der Waals surface area contributed by atoms with Crippen LogP contribution in [0.4, 0.5) is 0 Å². The third-order valence-electron chi connectivity index (χ3n) is 6.67. The molecule has 0 aliphatic carbocycles. The van der Waals surface area contributed by atoms with Crippen LogP contribution in [0.2, 0.25) is 0 Å². The molecular weight excluding hydrogens is 400 g/mol. The van der Waals surface area contributed by atoms with Crippen molar-refractivity contribution in [2.45, 2.75) is 39.2 Å². The first-order valence-corrected chi connectivity index (χ1v) is 11.1. The van der Waals surface area contributed by atoms with Gasteiger partial charge >= 0.3 is 0 Å². The Labute approximate surface area is 186 Å². The maximum absolute atomic E-state index is 13.2. The third-order valence-corrected chi connectivity index (χ3v) is 6.67. The molecule has 2 unspecified atom stereocenters. The van der Waals surface area contributed by atoms with Crippen LogP contribution in [0.25, 0.3) is 0 Å². The summed E-state index contributed by atoms with van der Waals surface area (Å²) in [5.41, 5.74) is 2.96. The molecule has 3 saturated heterocycles. The topological polar surface area (TPSA) is 55.9 Å². The molecule has 3 aliphatic rings. The van der Waals surface area contributed by atoms with E-state index in [1.807, 2.05) is 30.9 Å². The molecule has 0 bridgehead atoms. The van der Waals surface area contributed by atoms with Gasteiger partial charge in [0.1, 0.15) is 0 Å². The van der Waals surface area contributed by atoms with E-state index in [0.717, 1.165) is 81.8 Å². The van der Waals surface area contributed by atoms with Crippen LogP contribution >= 0.6 is 12.4 Å². The number of carbonyl (C=O) groups is 2. The van der Waals surface area contributed by atoms with E-state index in [4.69, 9.17) is 0 Å². The van der Waals surface area contributed by atoms with Gasteiger partial charge in [0.05, 0.1) is 5.92 Å². The first-order valence-electron chi connectivity index (χ1n) is 11.1. The molecule has 6 nitrogen and oxygen atoms in total. The number of nitrogens with one attached hydrogen (secondary N) is 1. The Bertz CT molecular complexity index is 745. The molecule has 2 atom stereocenters. The summed E-state index contributed by atoms with van der Waals surface area (Å²) in [6.45, 7) is 11.3. The van der Waals surface area contributed by atoms with Gasteiger partial charge in [0.15, 0.2) is 0 Å². The standard InChI is InChI=1S/C23H34N4O2.ClH/c1-17-12-18(2)14-20(13-17)23(29)26-8-3-4-19(15-26)22(28)27-9-5-21(16-27)25-10-6-24-7-11-25;/h12-14,19,21,24H,3-11,15-16H2,1-2H3;1H. The van der Waals surface area contributed by atoms with Gasteiger partial charge < -0.3 is 15.1 Å². The summed E-state index contributed by atoms with van der Waals surface area (Å²) in [5.74, 6) is 0.260. The molecule has 0 aromatic heterocycles. The molecule has 166 valence electrons. The number of halogens is 1. The summed E-state index contributed by atoms with van der Waals surface area (Å²) in [7, 11) is 0. The number of piperazine rings is 1. The van der Waals surface area contributed by atoms with Crippen molar-refractivity contribution >= 4 is 24.2 Å². The summed E-state index contributed by atoms with van der Waals surface area (Å²) in [6.07, 6.45) is 2.87. The molecule has 3 fully saturated rings. The van der Waals surface area contributed by atoms with Crippen molar-refractivity contribution in [1.29, 1.82) is 0 Å². The Hall–Kier alpha value is -1.63. The van der Waals surface area contributed by atoms with Gasteiger partial charge in [-0.05, 0) is 45.2 Å². The van der Waals surface area contributed by atoms with E-state index in [9.17, 15) is 9.59 Å². The minimum absolute atomic E-state index is 0. The first kappa shape index (κ1) is 23.0. The van der Waals surface area contributed by atoms with E-state index in [0.29, 0.717) is 12.6 Å². The average Bonchev–Trinajstić information content (AvgIpc) is 3.23. The van der Waals surface area contributed by atoms with Gasteiger partial charge in [-0.1, -0.05) is 17.2 Å². The smallest absolute Gasteiger partial charge is 0.253 e. The molecule has 7 heteroatoms. The second-order valence-corrected chi connectivity index (χ2v) is 8.98. The fourth-order valence-corrected chi connectivity index (χ4v) is 5.19. The van der Waals surface area contributed by atoms with Crippen molar-refractivity contribution in [3.63, 3.8) is 0 Å². The SMILES string of the molecule is Cc1cc(C)cc(C(=O)N2CCCC(C(=O)N3CCC(N4CCNCC4)C3)C2)c1.Cl. The van der Waals surface area contributed by atoms with E-state index in [-0.39, 0.29) is 30.1 Å². The number of hydrogen-bond donors (Lipinski definition) is 1. The van der Waals surface area contributed by atoms with Crippen LogP contribution in [-0.4, -0.2) is 84.9 Å². The monoisotopic (exact) mass is 434 g/mol. The van der Waals surface area contributed by atoms with Crippen LogP contribution in [0, 0.1) is 19.8 Å². The maximum atomic E-state index is 13.2. The highest BCUT2D eigenvalue weighted by molar-refractivity contribution is 5.95. The summed E-state index contributed by atoms with van der Waals surface area (Å²) in [6, 6.07) is 6.50. The van der Waals surface area contributed by atoms with Gasteiger partial charge in [0, 0.05) is 64.0 Å². The highest BCUT2D eigenvalue weighted by Gasteiger charge is 2.36. The largest absolute Gasteiger partial charge is 0.341 e. The summed E-state index contributed by atoms with van der Waals surface area (Å²) in [4.78, 5) is 32.7. The van der Waals surface area contributed by atoms with Crippen molar-refractivity contribution in [1.82, 2.24) is 20.0 Å². The van der Waals surface area contributed by atoms with Gasteiger partial charge in [0.25, 0.3) is 5.91 Å². The Morgan fingerprint density at radius 3 is 2.30 bits per heavy atom. The quantitative estimate of drug-likeness (QED) is 0.791. The predicted molar refractivity (Wildman–Crippen MR) is 121 cm³/mol. The number of benzene rings is 1. The van der Waals surface area contributed by atoms with Crippen LogP contribution in [-0.2, 0) is 4.79 Å². The number of aryl methyl sites for hydroxylation is 2. The molecule has 1 aromatic carbocycles. The molecule has 4 rings (SSSR count). The Kier molecular flexibility index (Phi) is 7.77. The normalized spacial score (nSPS) is 25.1. The lowest BCUT2D eigenvalue weighted by atomic mass is 9.95. The van der Waals surface area contributed by atoms with Gasteiger partial charge in [-0.3, -0.25) is 14.5 Å². The van der Waals surface area contributed by atoms with Gasteiger partial charge in [-0.15, -0.1) is 12.4 Å². The number of piperidine rings is 1. The fourth-order valence-electron chi connectivity index (χ4n) is 5.19. The minimum Gasteiger partial charge on any atom is -0.341 e. The van der Waals surface area contributed by atoms with Crippen molar-refractivity contribution in [2.75, 3.05) is 52.4 Å². The molecule has 30 heavy (non-hydrogen) atoms. The van der Waals surface area contributed by atoms with Crippen LogP contribution in [0.1, 0.15) is 40.7 Å². The van der Waals surface area contributed by atoms with Crippen LogP contribution < -0.4 is 5.32 Å². The average molecular weight is 435 g/mol. The zero-order valence-corrected chi connectivity index (χ0v) is 19.0. The molecule has 2 amide bonds. The molecule has 3 aliphatic heterocycles. The second-order valence-electron chi connectivity index (χ2n) is 8.98. The second kappa shape index (κ2) is 10.1. The molecule has 3 heterocycles.